The van der Waals surface area contributed by atoms with E-state index >= 15 is 0 Å². The summed E-state index contributed by atoms with van der Waals surface area (Å²) in [7, 11) is 1.83. The highest BCUT2D eigenvalue weighted by Gasteiger charge is 2.23. The molecule has 21 heavy (non-hydrogen) atoms. The average molecular weight is 309 g/mol. The van der Waals surface area contributed by atoms with E-state index in [0.29, 0.717) is 11.3 Å². The van der Waals surface area contributed by atoms with Gasteiger partial charge in [0.1, 0.15) is 10.9 Å². The van der Waals surface area contributed by atoms with Crippen LogP contribution in [0.2, 0.25) is 0 Å². The Morgan fingerprint density at radius 2 is 2.14 bits per heavy atom. The Morgan fingerprint density at radius 3 is 2.67 bits per heavy atom. The van der Waals surface area contributed by atoms with E-state index in [2.05, 4.69) is 10.4 Å². The second-order valence-electron chi connectivity index (χ2n) is 5.53. The molecule has 2 heterocycles. The summed E-state index contributed by atoms with van der Waals surface area (Å²) in [6, 6.07) is 0.910. The summed E-state index contributed by atoms with van der Waals surface area (Å²) in [6.45, 7) is 5.74. The number of aromatic nitrogens is 2. The third-order valence-corrected chi connectivity index (χ3v) is 4.43. The van der Waals surface area contributed by atoms with Gasteiger partial charge >= 0.3 is 5.97 Å². The number of aliphatic carboxylic acids is 1. The molecule has 0 bridgehead atoms. The summed E-state index contributed by atoms with van der Waals surface area (Å²) in [5.41, 5.74) is 0.861. The van der Waals surface area contributed by atoms with Gasteiger partial charge in [0.2, 0.25) is 0 Å². The summed E-state index contributed by atoms with van der Waals surface area (Å²) in [4.78, 5) is 24.9. The first-order chi connectivity index (χ1) is 9.79. The smallest absolute Gasteiger partial charge is 0.326 e. The van der Waals surface area contributed by atoms with Crippen molar-refractivity contribution in [2.24, 2.45) is 13.0 Å². The third-order valence-electron chi connectivity index (χ3n) is 3.23. The van der Waals surface area contributed by atoms with Crippen LogP contribution in [0.4, 0.5) is 0 Å². The molecule has 0 aliphatic carbocycles. The highest BCUT2D eigenvalue weighted by atomic mass is 32.1. The van der Waals surface area contributed by atoms with Gasteiger partial charge in [0.25, 0.3) is 5.91 Å². The van der Waals surface area contributed by atoms with Gasteiger partial charge in [-0.25, -0.2) is 4.79 Å². The van der Waals surface area contributed by atoms with Crippen molar-refractivity contribution in [2.45, 2.75) is 33.2 Å². The Kier molecular flexibility index (Phi) is 4.32. The molecule has 0 spiro atoms. The minimum Gasteiger partial charge on any atom is -0.480 e. The van der Waals surface area contributed by atoms with Gasteiger partial charge < -0.3 is 10.4 Å². The maximum Gasteiger partial charge on any atom is 0.326 e. The normalized spacial score (nSPS) is 12.8. The molecule has 1 atom stereocenters. The lowest BCUT2D eigenvalue weighted by Crippen LogP contribution is -2.41. The molecule has 7 heteroatoms. The Hall–Kier alpha value is -1.89. The van der Waals surface area contributed by atoms with Gasteiger partial charge in [-0.2, -0.15) is 5.10 Å². The number of fused-ring (bicyclic) bond motifs is 1. The van der Waals surface area contributed by atoms with Crippen molar-refractivity contribution >= 4 is 33.4 Å². The van der Waals surface area contributed by atoms with Crippen LogP contribution in [0.15, 0.2) is 6.07 Å². The van der Waals surface area contributed by atoms with Crippen LogP contribution >= 0.6 is 11.3 Å². The fourth-order valence-electron chi connectivity index (χ4n) is 2.24. The van der Waals surface area contributed by atoms with E-state index in [9.17, 15) is 14.7 Å². The zero-order valence-electron chi connectivity index (χ0n) is 12.5. The third kappa shape index (κ3) is 3.24. The van der Waals surface area contributed by atoms with Crippen LogP contribution in [-0.2, 0) is 11.8 Å². The highest BCUT2D eigenvalue weighted by molar-refractivity contribution is 7.20. The summed E-state index contributed by atoms with van der Waals surface area (Å²) in [5, 5.41) is 17.0. The fraction of sp³-hybridized carbons (Fsp3) is 0.500. The van der Waals surface area contributed by atoms with Crippen molar-refractivity contribution in [2.75, 3.05) is 0 Å². The molecule has 1 unspecified atom stereocenters. The van der Waals surface area contributed by atoms with Crippen LogP contribution in [0.3, 0.4) is 0 Å². The van der Waals surface area contributed by atoms with E-state index in [-0.39, 0.29) is 11.8 Å². The molecule has 2 aromatic heterocycles. The van der Waals surface area contributed by atoms with Crippen molar-refractivity contribution in [1.29, 1.82) is 0 Å². The van der Waals surface area contributed by atoms with Gasteiger partial charge in [0, 0.05) is 12.4 Å². The molecule has 0 saturated heterocycles. The highest BCUT2D eigenvalue weighted by Crippen LogP contribution is 2.27. The Morgan fingerprint density at radius 1 is 1.48 bits per heavy atom. The van der Waals surface area contributed by atoms with Gasteiger partial charge in [0.15, 0.2) is 0 Å². The summed E-state index contributed by atoms with van der Waals surface area (Å²) >= 11 is 1.32. The predicted octanol–water partition coefficient (Wildman–Crippen LogP) is 2.17. The van der Waals surface area contributed by atoms with Crippen molar-refractivity contribution in [1.82, 2.24) is 15.1 Å². The van der Waals surface area contributed by atoms with Crippen molar-refractivity contribution < 1.29 is 14.7 Å². The van der Waals surface area contributed by atoms with Crippen LogP contribution in [-0.4, -0.2) is 32.8 Å². The number of nitrogens with one attached hydrogen (secondary N) is 1. The molecular formula is C14H19N3O3S. The Labute approximate surface area is 126 Å². The summed E-state index contributed by atoms with van der Waals surface area (Å²) < 4.78 is 1.73. The molecule has 0 fully saturated rings. The molecule has 0 aliphatic rings. The van der Waals surface area contributed by atoms with Crippen LogP contribution in [0, 0.1) is 12.8 Å². The summed E-state index contributed by atoms with van der Waals surface area (Å²) in [5.74, 6) is -1.15. The van der Waals surface area contributed by atoms with Crippen LogP contribution in [0.25, 0.3) is 10.2 Å². The van der Waals surface area contributed by atoms with E-state index in [1.807, 2.05) is 27.8 Å². The standard InChI is InChI=1S/C14H19N3O3S/c1-7(2)5-10(14(19)20)15-12(18)11-6-9-8(3)16-17(4)13(9)21-11/h6-7,10H,5H2,1-4H3,(H,15,18)(H,19,20). The molecule has 2 aromatic rings. The molecule has 0 saturated carbocycles. The van der Waals surface area contributed by atoms with Gasteiger partial charge in [-0.05, 0) is 25.3 Å². The topological polar surface area (TPSA) is 84.2 Å². The van der Waals surface area contributed by atoms with Gasteiger partial charge in [-0.3, -0.25) is 9.48 Å². The van der Waals surface area contributed by atoms with E-state index < -0.39 is 12.0 Å². The first kappa shape index (κ1) is 15.5. The maximum atomic E-state index is 12.2. The Bertz CT molecular complexity index is 652. The lowest BCUT2D eigenvalue weighted by molar-refractivity contribution is -0.139. The molecular weight excluding hydrogens is 290 g/mol. The molecule has 2 N–H and O–H groups in total. The number of amides is 1. The maximum absolute atomic E-state index is 12.2. The molecule has 0 aromatic carbocycles. The Balaban J connectivity index is 2.21. The molecule has 6 nitrogen and oxygen atoms in total. The van der Waals surface area contributed by atoms with E-state index in [4.69, 9.17) is 0 Å². The number of carboxylic acids is 1. The minimum atomic E-state index is -1.00. The SMILES string of the molecule is Cc1nn(C)c2sc(C(=O)NC(CC(C)C)C(=O)O)cc12. The van der Waals surface area contributed by atoms with E-state index in [1.165, 1.54) is 11.3 Å². The molecule has 0 radical (unpaired) electrons. The van der Waals surface area contributed by atoms with Crippen LogP contribution in [0.5, 0.6) is 0 Å². The van der Waals surface area contributed by atoms with Crippen molar-refractivity contribution in [3.63, 3.8) is 0 Å². The minimum absolute atomic E-state index is 0.195. The van der Waals surface area contributed by atoms with Crippen LogP contribution < -0.4 is 5.32 Å². The predicted molar refractivity (Wildman–Crippen MR) is 81.7 cm³/mol. The van der Waals surface area contributed by atoms with Gasteiger partial charge in [-0.1, -0.05) is 13.8 Å². The lowest BCUT2D eigenvalue weighted by Gasteiger charge is -2.15. The van der Waals surface area contributed by atoms with Crippen LogP contribution in [0.1, 0.15) is 35.6 Å². The second kappa shape index (κ2) is 5.85. The largest absolute Gasteiger partial charge is 0.480 e. The number of hydrogen-bond acceptors (Lipinski definition) is 4. The first-order valence-corrected chi connectivity index (χ1v) is 7.58. The van der Waals surface area contributed by atoms with Crippen molar-refractivity contribution in [3.8, 4) is 0 Å². The fourth-order valence-corrected chi connectivity index (χ4v) is 3.27. The second-order valence-corrected chi connectivity index (χ2v) is 6.56. The molecule has 2 rings (SSSR count). The van der Waals surface area contributed by atoms with Gasteiger partial charge in [0.05, 0.1) is 10.6 Å². The van der Waals surface area contributed by atoms with E-state index in [0.717, 1.165) is 15.9 Å². The number of carboxylic acid groups (broad SMARTS) is 1. The first-order valence-electron chi connectivity index (χ1n) is 6.76. The molecule has 0 aliphatic heterocycles. The van der Waals surface area contributed by atoms with Gasteiger partial charge in [-0.15, -0.1) is 11.3 Å². The zero-order chi connectivity index (χ0) is 15.7. The number of nitrogens with zero attached hydrogens (tertiary/aromatic N) is 2. The monoisotopic (exact) mass is 309 g/mol. The number of rotatable bonds is 5. The quantitative estimate of drug-likeness (QED) is 0.886. The molecule has 1 amide bonds. The summed E-state index contributed by atoms with van der Waals surface area (Å²) in [6.07, 6.45) is 0.409. The average Bonchev–Trinajstić information content (AvgIpc) is 2.91. The molecule has 114 valence electrons. The number of carbonyl (C=O) groups excluding carboxylic acids is 1. The lowest BCUT2D eigenvalue weighted by atomic mass is 10.0. The van der Waals surface area contributed by atoms with Crippen molar-refractivity contribution in [3.05, 3.63) is 16.6 Å². The van der Waals surface area contributed by atoms with E-state index in [1.54, 1.807) is 10.7 Å². The zero-order valence-corrected chi connectivity index (χ0v) is 13.3. The number of carbonyl (C=O) groups is 2. The number of thiophene rings is 1. The number of aryl methyl sites for hydroxylation is 2. The number of hydrogen-bond donors (Lipinski definition) is 2.